The molecule has 3 aromatic rings. The second-order valence-electron chi connectivity index (χ2n) is 8.78. The highest BCUT2D eigenvalue weighted by Gasteiger charge is 2.65. The highest BCUT2D eigenvalue weighted by molar-refractivity contribution is 6.24. The molecule has 3 aromatic carbocycles. The molecule has 7 nitrogen and oxygen atoms in total. The first-order valence-corrected chi connectivity index (χ1v) is 11.2. The van der Waals surface area contributed by atoms with Crippen LogP contribution in [0.5, 0.6) is 5.75 Å². The Balaban J connectivity index is 1.47. The molecule has 174 valence electrons. The maximum absolute atomic E-state index is 13.8. The molecule has 0 N–H and O–H groups in total. The summed E-state index contributed by atoms with van der Waals surface area (Å²) in [6.45, 7) is 0. The second-order valence-corrected chi connectivity index (χ2v) is 8.78. The summed E-state index contributed by atoms with van der Waals surface area (Å²) in [5, 5.41) is 6.16. The number of carbonyl (C=O) groups excluding carboxylic acids is 3. The molecular formula is C27H20FN3O4. The van der Waals surface area contributed by atoms with Gasteiger partial charge in [-0.15, -0.1) is 0 Å². The number of amides is 2. The average molecular weight is 469 g/mol. The van der Waals surface area contributed by atoms with Crippen molar-refractivity contribution in [2.24, 2.45) is 16.9 Å². The van der Waals surface area contributed by atoms with Gasteiger partial charge in [-0.25, -0.2) is 9.29 Å². The average Bonchev–Trinajstić information content (AvgIpc) is 3.37. The topological polar surface area (TPSA) is 79.3 Å². The minimum Gasteiger partial charge on any atom is -0.497 e. The van der Waals surface area contributed by atoms with Crippen LogP contribution < -0.4 is 9.64 Å². The monoisotopic (exact) mass is 469 g/mol. The normalized spacial score (nSPS) is 24.3. The molecule has 2 fully saturated rings. The van der Waals surface area contributed by atoms with Crippen molar-refractivity contribution in [2.75, 3.05) is 12.0 Å². The van der Waals surface area contributed by atoms with Gasteiger partial charge in [-0.1, -0.05) is 24.3 Å². The predicted molar refractivity (Wildman–Crippen MR) is 126 cm³/mol. The molecule has 2 saturated heterocycles. The molecule has 0 unspecified atom stereocenters. The van der Waals surface area contributed by atoms with Gasteiger partial charge in [-0.3, -0.25) is 19.4 Å². The van der Waals surface area contributed by atoms with Crippen LogP contribution in [0.4, 0.5) is 10.1 Å². The minimum atomic E-state index is -0.968. The molecule has 8 heteroatoms. The first-order chi connectivity index (χ1) is 17.0. The fourth-order valence-electron chi connectivity index (χ4n) is 5.44. The molecular weight excluding hydrogens is 449 g/mol. The Morgan fingerprint density at radius 3 is 2.31 bits per heavy atom. The van der Waals surface area contributed by atoms with Crippen LogP contribution in [0, 0.1) is 17.7 Å². The molecule has 35 heavy (non-hydrogen) atoms. The summed E-state index contributed by atoms with van der Waals surface area (Å²) in [4.78, 5) is 42.4. The number of hydrogen-bond acceptors (Lipinski definition) is 6. The Morgan fingerprint density at radius 2 is 1.60 bits per heavy atom. The summed E-state index contributed by atoms with van der Waals surface area (Å²) >= 11 is 0. The van der Waals surface area contributed by atoms with Gasteiger partial charge < -0.3 is 4.74 Å². The fraction of sp³-hybridized carbons (Fsp3) is 0.185. The Bertz CT molecular complexity index is 1390. The Labute approximate surface area is 200 Å². The number of Topliss-reactive ketones (excluding diaryl/α,β-unsaturated/α-hetero) is 1. The first kappa shape index (κ1) is 21.2. The van der Waals surface area contributed by atoms with Gasteiger partial charge in [0.2, 0.25) is 11.8 Å². The Morgan fingerprint density at radius 1 is 0.914 bits per heavy atom. The summed E-state index contributed by atoms with van der Waals surface area (Å²) in [6.07, 6.45) is 1.66. The van der Waals surface area contributed by atoms with Crippen LogP contribution in [0.2, 0.25) is 0 Å². The zero-order valence-electron chi connectivity index (χ0n) is 18.7. The van der Waals surface area contributed by atoms with Crippen LogP contribution in [0.1, 0.15) is 27.5 Å². The fourth-order valence-corrected chi connectivity index (χ4v) is 5.44. The lowest BCUT2D eigenvalue weighted by molar-refractivity contribution is -0.124. The molecule has 4 atom stereocenters. The lowest BCUT2D eigenvalue weighted by atomic mass is 9.83. The van der Waals surface area contributed by atoms with E-state index >= 15 is 0 Å². The molecule has 0 saturated carbocycles. The number of rotatable bonds is 4. The van der Waals surface area contributed by atoms with Crippen LogP contribution in [-0.4, -0.2) is 42.0 Å². The van der Waals surface area contributed by atoms with E-state index in [4.69, 9.17) is 4.74 Å². The Hall–Kier alpha value is -4.33. The number of fused-ring (bicyclic) bond motifs is 5. The van der Waals surface area contributed by atoms with E-state index in [1.807, 2.05) is 24.3 Å². The maximum atomic E-state index is 13.8. The molecule has 3 aliphatic heterocycles. The molecule has 3 aliphatic rings. The summed E-state index contributed by atoms with van der Waals surface area (Å²) in [5.74, 6) is -2.82. The smallest absolute Gasteiger partial charge is 0.240 e. The van der Waals surface area contributed by atoms with Crippen LogP contribution in [0.3, 0.4) is 0 Å². The van der Waals surface area contributed by atoms with E-state index < -0.39 is 41.6 Å². The van der Waals surface area contributed by atoms with E-state index in [0.717, 1.165) is 16.0 Å². The summed E-state index contributed by atoms with van der Waals surface area (Å²) in [6, 6.07) is 17.8. The molecule has 0 radical (unpaired) electrons. The van der Waals surface area contributed by atoms with Crippen molar-refractivity contribution >= 4 is 29.5 Å². The zero-order chi connectivity index (χ0) is 24.3. The van der Waals surface area contributed by atoms with Crippen molar-refractivity contribution in [1.82, 2.24) is 5.01 Å². The van der Waals surface area contributed by atoms with Crippen molar-refractivity contribution in [3.8, 4) is 5.75 Å². The van der Waals surface area contributed by atoms with E-state index in [2.05, 4.69) is 5.10 Å². The lowest BCUT2D eigenvalue weighted by Gasteiger charge is -2.33. The Kier molecular flexibility index (Phi) is 4.77. The summed E-state index contributed by atoms with van der Waals surface area (Å²) < 4.78 is 18.7. The van der Waals surface area contributed by atoms with Gasteiger partial charge in [-0.05, 0) is 59.7 Å². The zero-order valence-corrected chi connectivity index (χ0v) is 18.7. The quantitative estimate of drug-likeness (QED) is 0.431. The van der Waals surface area contributed by atoms with Crippen molar-refractivity contribution in [1.29, 1.82) is 0 Å². The highest BCUT2D eigenvalue weighted by Crippen LogP contribution is 2.53. The van der Waals surface area contributed by atoms with Gasteiger partial charge in [-0.2, -0.15) is 5.10 Å². The standard InChI is InChI=1S/C27H20FN3O4/c1-35-19-12-6-15(7-13-19)25(32)24-22-21(23-20-5-3-2-4-16(20)14-29-31(23)24)26(33)30(27(22)34)18-10-8-17(28)9-11-18/h2-14,21-24H,1H3/t21-,22-,23-,24+/m1/s1. The van der Waals surface area contributed by atoms with Crippen LogP contribution in [0.25, 0.3) is 0 Å². The number of methoxy groups -OCH3 is 1. The number of ketones is 1. The van der Waals surface area contributed by atoms with Crippen molar-refractivity contribution in [3.63, 3.8) is 0 Å². The molecule has 0 bridgehead atoms. The van der Waals surface area contributed by atoms with Gasteiger partial charge in [0.05, 0.1) is 36.9 Å². The number of ether oxygens (including phenoxy) is 1. The number of imide groups is 1. The van der Waals surface area contributed by atoms with Gasteiger partial charge in [0.25, 0.3) is 0 Å². The first-order valence-electron chi connectivity index (χ1n) is 11.2. The van der Waals surface area contributed by atoms with E-state index in [9.17, 15) is 18.8 Å². The van der Waals surface area contributed by atoms with Crippen molar-refractivity contribution in [2.45, 2.75) is 12.1 Å². The number of anilines is 1. The third-order valence-electron chi connectivity index (χ3n) is 7.02. The van der Waals surface area contributed by atoms with Gasteiger partial charge in [0.15, 0.2) is 5.78 Å². The molecule has 3 heterocycles. The van der Waals surface area contributed by atoms with Crippen LogP contribution in [-0.2, 0) is 9.59 Å². The molecule has 0 spiro atoms. The number of hydrazone groups is 1. The minimum absolute atomic E-state index is 0.283. The predicted octanol–water partition coefficient (Wildman–Crippen LogP) is 3.60. The number of halogens is 1. The summed E-state index contributed by atoms with van der Waals surface area (Å²) in [5.41, 5.74) is 2.35. The molecule has 0 aromatic heterocycles. The highest BCUT2D eigenvalue weighted by atomic mass is 19.1. The van der Waals surface area contributed by atoms with E-state index in [0.29, 0.717) is 11.3 Å². The SMILES string of the molecule is COc1ccc(C(=O)[C@@H]2[C@@H]3C(=O)N(c4ccc(F)cc4)C(=O)[C@H]3[C@H]3c4ccccc4C=NN23)cc1. The number of hydrogen-bond donors (Lipinski definition) is 0. The van der Waals surface area contributed by atoms with Gasteiger partial charge >= 0.3 is 0 Å². The second kappa shape index (κ2) is 7.87. The van der Waals surface area contributed by atoms with Crippen molar-refractivity contribution in [3.05, 3.63) is 95.3 Å². The van der Waals surface area contributed by atoms with Gasteiger partial charge in [0, 0.05) is 5.56 Å². The van der Waals surface area contributed by atoms with Gasteiger partial charge in [0.1, 0.15) is 17.6 Å². The number of nitrogens with zero attached hydrogens (tertiary/aromatic N) is 3. The van der Waals surface area contributed by atoms with E-state index in [1.54, 1.807) is 35.5 Å². The largest absolute Gasteiger partial charge is 0.497 e. The number of carbonyl (C=O) groups is 3. The van der Waals surface area contributed by atoms with E-state index in [-0.39, 0.29) is 11.5 Å². The summed E-state index contributed by atoms with van der Waals surface area (Å²) in [7, 11) is 1.54. The number of benzene rings is 3. The van der Waals surface area contributed by atoms with Crippen molar-refractivity contribution < 1.29 is 23.5 Å². The van der Waals surface area contributed by atoms with Crippen LogP contribution in [0.15, 0.2) is 77.9 Å². The third kappa shape index (κ3) is 3.10. The van der Waals surface area contributed by atoms with E-state index in [1.165, 1.54) is 31.4 Å². The molecule has 6 rings (SSSR count). The molecule has 2 amide bonds. The molecule has 0 aliphatic carbocycles. The maximum Gasteiger partial charge on any atom is 0.240 e. The van der Waals surface area contributed by atoms with Crippen LogP contribution >= 0.6 is 0 Å². The third-order valence-corrected chi connectivity index (χ3v) is 7.02. The lowest BCUT2D eigenvalue weighted by Crippen LogP contribution is -2.44.